The van der Waals surface area contributed by atoms with Gasteiger partial charge in [-0.1, -0.05) is 35.3 Å². The van der Waals surface area contributed by atoms with Crippen LogP contribution >= 0.6 is 23.2 Å². The lowest BCUT2D eigenvalue weighted by Crippen LogP contribution is -2.38. The van der Waals surface area contributed by atoms with Gasteiger partial charge >= 0.3 is 0 Å². The topological polar surface area (TPSA) is 45.7 Å². The van der Waals surface area contributed by atoms with Crippen LogP contribution in [-0.2, 0) is 16.1 Å². The second kappa shape index (κ2) is 11.3. The van der Waals surface area contributed by atoms with E-state index in [0.29, 0.717) is 23.1 Å². The summed E-state index contributed by atoms with van der Waals surface area (Å²) in [6.07, 6.45) is 7.68. The summed E-state index contributed by atoms with van der Waals surface area (Å²) >= 11 is 12.3. The highest BCUT2D eigenvalue weighted by atomic mass is 35.5. The van der Waals surface area contributed by atoms with Gasteiger partial charge in [-0.2, -0.15) is 0 Å². The minimum absolute atomic E-state index is 0.0557. The fourth-order valence-electron chi connectivity index (χ4n) is 3.20. The number of rotatable bonds is 8. The summed E-state index contributed by atoms with van der Waals surface area (Å²) in [6, 6.07) is 9.24. The van der Waals surface area contributed by atoms with Crippen LogP contribution in [0.4, 0.5) is 0 Å². The van der Waals surface area contributed by atoms with Gasteiger partial charge in [0.15, 0.2) is 0 Å². The molecule has 1 amide bonds. The van der Waals surface area contributed by atoms with Crippen molar-refractivity contribution >= 4 is 35.2 Å². The zero-order valence-corrected chi connectivity index (χ0v) is 17.8. The Hall–Kier alpha value is -1.92. The molecule has 1 aromatic carbocycles. The lowest BCUT2D eigenvalue weighted by molar-refractivity contribution is -0.126. The van der Waals surface area contributed by atoms with Crippen LogP contribution in [0.3, 0.4) is 0 Å². The average Bonchev–Trinajstić information content (AvgIpc) is 2.75. The number of aromatic nitrogens is 1. The van der Waals surface area contributed by atoms with Crippen molar-refractivity contribution in [1.29, 1.82) is 0 Å². The van der Waals surface area contributed by atoms with Crippen LogP contribution in [0.2, 0.25) is 10.0 Å². The number of pyridine rings is 1. The molecule has 7 heteroatoms. The number of nitrogens with zero attached hydrogens (tertiary/aromatic N) is 3. The molecule has 0 unspecified atom stereocenters. The van der Waals surface area contributed by atoms with E-state index in [-0.39, 0.29) is 5.91 Å². The lowest BCUT2D eigenvalue weighted by Gasteiger charge is -2.28. The van der Waals surface area contributed by atoms with Crippen molar-refractivity contribution in [2.24, 2.45) is 0 Å². The molecule has 154 valence electrons. The highest BCUT2D eigenvalue weighted by molar-refractivity contribution is 6.42. The van der Waals surface area contributed by atoms with Crippen molar-refractivity contribution in [3.63, 3.8) is 0 Å². The number of amides is 1. The normalized spacial score (nSPS) is 15.0. The zero-order chi connectivity index (χ0) is 20.5. The Kier molecular flexibility index (Phi) is 8.50. The van der Waals surface area contributed by atoms with Gasteiger partial charge in [0, 0.05) is 51.2 Å². The SMILES string of the molecule is O=C(/C=C/c1cccc(Cl)c1Cl)N(CCCN1CCOCC1)Cc1ccncc1. The maximum atomic E-state index is 12.9. The molecule has 1 aromatic heterocycles. The van der Waals surface area contributed by atoms with Gasteiger partial charge in [-0.05, 0) is 41.8 Å². The highest BCUT2D eigenvalue weighted by Gasteiger charge is 2.14. The summed E-state index contributed by atoms with van der Waals surface area (Å²) in [6.45, 7) is 5.63. The van der Waals surface area contributed by atoms with E-state index >= 15 is 0 Å². The molecule has 0 spiro atoms. The van der Waals surface area contributed by atoms with Gasteiger partial charge in [-0.3, -0.25) is 14.7 Å². The Morgan fingerprint density at radius 2 is 1.93 bits per heavy atom. The molecule has 0 saturated carbocycles. The van der Waals surface area contributed by atoms with Gasteiger partial charge < -0.3 is 9.64 Å². The Morgan fingerprint density at radius 3 is 2.69 bits per heavy atom. The maximum absolute atomic E-state index is 12.9. The Morgan fingerprint density at radius 1 is 1.17 bits per heavy atom. The molecular formula is C22H25Cl2N3O2. The van der Waals surface area contributed by atoms with Crippen LogP contribution in [0, 0.1) is 0 Å². The third kappa shape index (κ3) is 6.82. The smallest absolute Gasteiger partial charge is 0.246 e. The van der Waals surface area contributed by atoms with Crippen molar-refractivity contribution in [1.82, 2.24) is 14.8 Å². The molecule has 0 bridgehead atoms. The van der Waals surface area contributed by atoms with E-state index in [2.05, 4.69) is 9.88 Å². The maximum Gasteiger partial charge on any atom is 0.246 e. The predicted molar refractivity (Wildman–Crippen MR) is 117 cm³/mol. The summed E-state index contributed by atoms with van der Waals surface area (Å²) < 4.78 is 5.39. The molecular weight excluding hydrogens is 409 g/mol. The monoisotopic (exact) mass is 433 g/mol. The van der Waals surface area contributed by atoms with Gasteiger partial charge in [0.05, 0.1) is 23.3 Å². The first-order chi connectivity index (χ1) is 14.1. The van der Waals surface area contributed by atoms with E-state index in [1.54, 1.807) is 30.6 Å². The van der Waals surface area contributed by atoms with E-state index in [9.17, 15) is 4.79 Å². The second-order valence-corrected chi connectivity index (χ2v) is 7.68. The predicted octanol–water partition coefficient (Wildman–Crippen LogP) is 4.15. The standard InChI is InChI=1S/C22H25Cl2N3O2/c23-20-4-1-3-19(22(20)24)5-6-21(28)27(17-18-7-9-25-10-8-18)12-2-11-26-13-15-29-16-14-26/h1,3-10H,2,11-17H2/b6-5+. The average molecular weight is 434 g/mol. The van der Waals surface area contributed by atoms with E-state index in [0.717, 1.165) is 50.4 Å². The molecule has 3 rings (SSSR count). The summed E-state index contributed by atoms with van der Waals surface area (Å²) in [5, 5.41) is 0.923. The summed E-state index contributed by atoms with van der Waals surface area (Å²) in [7, 11) is 0. The Balaban J connectivity index is 1.64. The number of carbonyl (C=O) groups is 1. The number of benzene rings is 1. The minimum Gasteiger partial charge on any atom is -0.379 e. The van der Waals surface area contributed by atoms with Crippen molar-refractivity contribution in [3.8, 4) is 0 Å². The molecule has 2 heterocycles. The fraction of sp³-hybridized carbons (Fsp3) is 0.364. The Labute approximate surface area is 181 Å². The van der Waals surface area contributed by atoms with Crippen LogP contribution in [0.15, 0.2) is 48.8 Å². The van der Waals surface area contributed by atoms with E-state index < -0.39 is 0 Å². The first-order valence-electron chi connectivity index (χ1n) is 9.73. The number of ether oxygens (including phenoxy) is 1. The highest BCUT2D eigenvalue weighted by Crippen LogP contribution is 2.26. The molecule has 1 fully saturated rings. The fourth-order valence-corrected chi connectivity index (χ4v) is 3.57. The van der Waals surface area contributed by atoms with Crippen molar-refractivity contribution in [3.05, 3.63) is 70.0 Å². The van der Waals surface area contributed by atoms with Crippen LogP contribution in [0.5, 0.6) is 0 Å². The molecule has 1 saturated heterocycles. The van der Waals surface area contributed by atoms with E-state index in [1.807, 2.05) is 29.2 Å². The van der Waals surface area contributed by atoms with Crippen LogP contribution in [-0.4, -0.2) is 60.1 Å². The second-order valence-electron chi connectivity index (χ2n) is 6.90. The van der Waals surface area contributed by atoms with Gasteiger partial charge in [0.1, 0.15) is 0 Å². The third-order valence-corrected chi connectivity index (χ3v) is 5.66. The van der Waals surface area contributed by atoms with Gasteiger partial charge in [0.25, 0.3) is 0 Å². The molecule has 1 aliphatic rings. The molecule has 29 heavy (non-hydrogen) atoms. The Bertz CT molecular complexity index is 824. The van der Waals surface area contributed by atoms with Gasteiger partial charge in [0.2, 0.25) is 5.91 Å². The van der Waals surface area contributed by atoms with Gasteiger partial charge in [-0.15, -0.1) is 0 Å². The van der Waals surface area contributed by atoms with Crippen LogP contribution in [0.1, 0.15) is 17.5 Å². The first kappa shape index (κ1) is 21.8. The number of halogens is 2. The number of hydrogen-bond donors (Lipinski definition) is 0. The largest absolute Gasteiger partial charge is 0.379 e. The number of carbonyl (C=O) groups excluding carboxylic acids is 1. The lowest BCUT2D eigenvalue weighted by atomic mass is 10.2. The van der Waals surface area contributed by atoms with Gasteiger partial charge in [-0.25, -0.2) is 0 Å². The number of hydrogen-bond acceptors (Lipinski definition) is 4. The first-order valence-corrected chi connectivity index (χ1v) is 10.5. The van der Waals surface area contributed by atoms with Crippen molar-refractivity contribution < 1.29 is 9.53 Å². The van der Waals surface area contributed by atoms with Crippen molar-refractivity contribution in [2.45, 2.75) is 13.0 Å². The molecule has 5 nitrogen and oxygen atoms in total. The molecule has 1 aliphatic heterocycles. The van der Waals surface area contributed by atoms with Crippen LogP contribution < -0.4 is 0 Å². The third-order valence-electron chi connectivity index (χ3n) is 4.83. The van der Waals surface area contributed by atoms with Crippen LogP contribution in [0.25, 0.3) is 6.08 Å². The van der Waals surface area contributed by atoms with E-state index in [1.165, 1.54) is 0 Å². The molecule has 2 aromatic rings. The quantitative estimate of drug-likeness (QED) is 0.586. The molecule has 0 radical (unpaired) electrons. The summed E-state index contributed by atoms with van der Waals surface area (Å²) in [5.41, 5.74) is 1.78. The summed E-state index contributed by atoms with van der Waals surface area (Å²) in [5.74, 6) is -0.0557. The molecule has 0 aliphatic carbocycles. The number of morpholine rings is 1. The van der Waals surface area contributed by atoms with E-state index in [4.69, 9.17) is 27.9 Å². The van der Waals surface area contributed by atoms with Crippen molar-refractivity contribution in [2.75, 3.05) is 39.4 Å². The molecule has 0 atom stereocenters. The minimum atomic E-state index is -0.0557. The summed E-state index contributed by atoms with van der Waals surface area (Å²) in [4.78, 5) is 21.2. The molecule has 0 N–H and O–H groups in total. The zero-order valence-electron chi connectivity index (χ0n) is 16.3.